The first kappa shape index (κ1) is 23.8. The SMILES string of the molecule is CCO[Si](CCCNC(=O)OCCCCCC(=O)O)(OCC)OCC. The molecular formula is C16H33NO7Si. The summed E-state index contributed by atoms with van der Waals surface area (Å²) in [5.74, 6) is -0.801. The van der Waals surface area contributed by atoms with Gasteiger partial charge >= 0.3 is 20.9 Å². The number of aliphatic carboxylic acids is 1. The zero-order valence-electron chi connectivity index (χ0n) is 15.7. The van der Waals surface area contributed by atoms with Gasteiger partial charge in [-0.05, 0) is 46.5 Å². The molecule has 0 atom stereocenters. The van der Waals surface area contributed by atoms with Gasteiger partial charge < -0.3 is 28.4 Å². The third kappa shape index (κ3) is 12.8. The molecule has 0 aromatic rings. The second-order valence-electron chi connectivity index (χ2n) is 5.35. The Kier molecular flexibility index (Phi) is 14.4. The molecule has 0 radical (unpaired) electrons. The molecule has 0 fully saturated rings. The number of rotatable bonds is 16. The van der Waals surface area contributed by atoms with E-state index < -0.39 is 20.9 Å². The Morgan fingerprint density at radius 1 is 0.920 bits per heavy atom. The Morgan fingerprint density at radius 2 is 1.52 bits per heavy atom. The fraction of sp³-hybridized carbons (Fsp3) is 0.875. The fourth-order valence-electron chi connectivity index (χ4n) is 2.27. The monoisotopic (exact) mass is 379 g/mol. The van der Waals surface area contributed by atoms with E-state index in [-0.39, 0.29) is 6.42 Å². The van der Waals surface area contributed by atoms with Gasteiger partial charge in [0, 0.05) is 38.8 Å². The van der Waals surface area contributed by atoms with Crippen LogP contribution in [-0.4, -0.2) is 58.9 Å². The molecule has 0 aliphatic carbocycles. The molecular weight excluding hydrogens is 346 g/mol. The number of hydrogen-bond donors (Lipinski definition) is 2. The minimum absolute atomic E-state index is 0.150. The van der Waals surface area contributed by atoms with Crippen molar-refractivity contribution in [1.82, 2.24) is 5.32 Å². The second-order valence-corrected chi connectivity index (χ2v) is 8.08. The quantitative estimate of drug-likeness (QED) is 0.314. The van der Waals surface area contributed by atoms with Gasteiger partial charge in [0.1, 0.15) is 0 Å². The summed E-state index contributed by atoms with van der Waals surface area (Å²) in [5, 5.41) is 11.2. The lowest BCUT2D eigenvalue weighted by molar-refractivity contribution is -0.137. The first-order valence-electron chi connectivity index (χ1n) is 9.04. The topological polar surface area (TPSA) is 103 Å². The van der Waals surface area contributed by atoms with E-state index in [2.05, 4.69) is 5.32 Å². The number of carbonyl (C=O) groups is 2. The zero-order valence-corrected chi connectivity index (χ0v) is 16.7. The molecule has 0 saturated carbocycles. The molecule has 0 saturated heterocycles. The van der Waals surface area contributed by atoms with Crippen LogP contribution in [0.4, 0.5) is 4.79 Å². The Balaban J connectivity index is 3.88. The van der Waals surface area contributed by atoms with Crippen molar-refractivity contribution in [2.45, 2.75) is 58.9 Å². The molecule has 0 unspecified atom stereocenters. The number of alkyl carbamates (subject to hydrolysis) is 1. The van der Waals surface area contributed by atoms with Crippen molar-refractivity contribution in [3.63, 3.8) is 0 Å². The van der Waals surface area contributed by atoms with Crippen molar-refractivity contribution in [2.75, 3.05) is 33.0 Å². The van der Waals surface area contributed by atoms with Crippen molar-refractivity contribution in [3.05, 3.63) is 0 Å². The average Bonchev–Trinajstić information content (AvgIpc) is 2.55. The van der Waals surface area contributed by atoms with Gasteiger partial charge in [-0.25, -0.2) is 4.79 Å². The van der Waals surface area contributed by atoms with E-state index in [0.717, 1.165) is 6.42 Å². The lowest BCUT2D eigenvalue weighted by Crippen LogP contribution is -2.46. The van der Waals surface area contributed by atoms with Crippen molar-refractivity contribution in [2.24, 2.45) is 0 Å². The maximum absolute atomic E-state index is 11.6. The highest BCUT2D eigenvalue weighted by Crippen LogP contribution is 2.17. The molecule has 148 valence electrons. The summed E-state index contributed by atoms with van der Waals surface area (Å²) in [5.41, 5.74) is 0. The third-order valence-electron chi connectivity index (χ3n) is 3.29. The van der Waals surface area contributed by atoms with E-state index in [1.165, 1.54) is 0 Å². The summed E-state index contributed by atoms with van der Waals surface area (Å²) in [6.45, 7) is 8.07. The second kappa shape index (κ2) is 15.1. The minimum atomic E-state index is -2.66. The van der Waals surface area contributed by atoms with Crippen LogP contribution < -0.4 is 5.32 Å². The van der Waals surface area contributed by atoms with Gasteiger partial charge in [-0.1, -0.05) is 0 Å². The predicted molar refractivity (Wildman–Crippen MR) is 95.5 cm³/mol. The Bertz CT molecular complexity index is 351. The lowest BCUT2D eigenvalue weighted by Gasteiger charge is -2.28. The number of unbranched alkanes of at least 4 members (excludes halogenated alkanes) is 2. The van der Waals surface area contributed by atoms with Crippen LogP contribution in [0.2, 0.25) is 6.04 Å². The van der Waals surface area contributed by atoms with Gasteiger partial charge in [-0.2, -0.15) is 0 Å². The predicted octanol–water partition coefficient (Wildman–Crippen LogP) is 2.80. The molecule has 0 aliphatic heterocycles. The van der Waals surface area contributed by atoms with Crippen LogP contribution in [0.3, 0.4) is 0 Å². The smallest absolute Gasteiger partial charge is 0.481 e. The summed E-state index contributed by atoms with van der Waals surface area (Å²) in [6, 6.07) is 0.637. The van der Waals surface area contributed by atoms with Crippen molar-refractivity contribution >= 4 is 20.9 Å². The summed E-state index contributed by atoms with van der Waals surface area (Å²) in [7, 11) is -2.66. The van der Waals surface area contributed by atoms with E-state index in [0.29, 0.717) is 58.3 Å². The maximum Gasteiger partial charge on any atom is 0.500 e. The summed E-state index contributed by atoms with van der Waals surface area (Å²) < 4.78 is 22.3. The first-order chi connectivity index (χ1) is 12.0. The number of hydrogen-bond acceptors (Lipinski definition) is 6. The number of carboxylic acid groups (broad SMARTS) is 1. The molecule has 1 amide bonds. The zero-order chi connectivity index (χ0) is 19.0. The number of amides is 1. The Labute approximate surface area is 151 Å². The Morgan fingerprint density at radius 3 is 2.04 bits per heavy atom. The number of carboxylic acids is 1. The molecule has 0 aromatic heterocycles. The number of ether oxygens (including phenoxy) is 1. The highest BCUT2D eigenvalue weighted by molar-refractivity contribution is 6.60. The average molecular weight is 380 g/mol. The molecule has 8 nitrogen and oxygen atoms in total. The van der Waals surface area contributed by atoms with Gasteiger partial charge in [-0.15, -0.1) is 0 Å². The molecule has 9 heteroatoms. The normalized spacial score (nSPS) is 11.3. The molecule has 0 heterocycles. The molecule has 0 rings (SSSR count). The van der Waals surface area contributed by atoms with Crippen molar-refractivity contribution < 1.29 is 32.7 Å². The maximum atomic E-state index is 11.6. The van der Waals surface area contributed by atoms with Crippen molar-refractivity contribution in [1.29, 1.82) is 0 Å². The fourth-order valence-corrected chi connectivity index (χ4v) is 4.88. The highest BCUT2D eigenvalue weighted by atomic mass is 28.4. The Hall–Kier alpha value is -1.16. The van der Waals surface area contributed by atoms with Crippen LogP contribution in [0.25, 0.3) is 0 Å². The van der Waals surface area contributed by atoms with Crippen molar-refractivity contribution in [3.8, 4) is 0 Å². The molecule has 2 N–H and O–H groups in total. The summed E-state index contributed by atoms with van der Waals surface area (Å²) in [4.78, 5) is 21.9. The third-order valence-corrected chi connectivity index (χ3v) is 6.44. The van der Waals surface area contributed by atoms with Gasteiger partial charge in [-0.3, -0.25) is 4.79 Å². The van der Waals surface area contributed by atoms with Crippen LogP contribution in [0.1, 0.15) is 52.9 Å². The minimum Gasteiger partial charge on any atom is -0.481 e. The van der Waals surface area contributed by atoms with E-state index in [4.69, 9.17) is 23.1 Å². The van der Waals surface area contributed by atoms with E-state index in [1.54, 1.807) is 0 Å². The first-order valence-corrected chi connectivity index (χ1v) is 11.0. The van der Waals surface area contributed by atoms with E-state index >= 15 is 0 Å². The van der Waals surface area contributed by atoms with Crippen LogP contribution in [0.15, 0.2) is 0 Å². The van der Waals surface area contributed by atoms with Crippen LogP contribution >= 0.6 is 0 Å². The van der Waals surface area contributed by atoms with Crippen LogP contribution in [0, 0.1) is 0 Å². The molecule has 25 heavy (non-hydrogen) atoms. The molecule has 0 aliphatic rings. The lowest BCUT2D eigenvalue weighted by atomic mass is 10.2. The largest absolute Gasteiger partial charge is 0.500 e. The summed E-state index contributed by atoms with van der Waals surface area (Å²) in [6.07, 6.45) is 2.35. The molecule has 0 bridgehead atoms. The number of nitrogens with one attached hydrogen (secondary N) is 1. The van der Waals surface area contributed by atoms with Gasteiger partial charge in [0.2, 0.25) is 0 Å². The van der Waals surface area contributed by atoms with E-state index in [9.17, 15) is 9.59 Å². The van der Waals surface area contributed by atoms with Gasteiger partial charge in [0.15, 0.2) is 0 Å². The van der Waals surface area contributed by atoms with Crippen LogP contribution in [0.5, 0.6) is 0 Å². The standard InChI is InChI=1S/C16H33NO7Si/c1-4-22-25(23-5-2,24-6-3)14-10-12-17-16(20)21-13-9-7-8-11-15(18)19/h4-14H2,1-3H3,(H,17,20)(H,18,19). The highest BCUT2D eigenvalue weighted by Gasteiger charge is 2.39. The van der Waals surface area contributed by atoms with Gasteiger partial charge in [0.05, 0.1) is 6.61 Å². The molecule has 0 spiro atoms. The van der Waals surface area contributed by atoms with Gasteiger partial charge in [0.25, 0.3) is 0 Å². The molecule has 0 aromatic carbocycles. The summed E-state index contributed by atoms with van der Waals surface area (Å²) >= 11 is 0. The number of carbonyl (C=O) groups excluding carboxylic acids is 1. The van der Waals surface area contributed by atoms with E-state index in [1.807, 2.05) is 20.8 Å². The van der Waals surface area contributed by atoms with Crippen LogP contribution in [-0.2, 0) is 22.8 Å².